The third kappa shape index (κ3) is 1.44. The molecule has 0 unspecified atom stereocenters. The van der Waals surface area contributed by atoms with Gasteiger partial charge in [-0.05, 0) is 38.1 Å². The van der Waals surface area contributed by atoms with Gasteiger partial charge in [-0.25, -0.2) is 4.98 Å². The summed E-state index contributed by atoms with van der Waals surface area (Å²) < 4.78 is 0. The number of aromatic nitrogens is 2. The largest absolute Gasteiger partial charge is 0.344 e. The van der Waals surface area contributed by atoms with Crippen molar-refractivity contribution in [3.05, 3.63) is 41.0 Å². The second-order valence-corrected chi connectivity index (χ2v) is 5.27. The molecule has 0 saturated carbocycles. The number of thiophene rings is 1. The second-order valence-electron chi connectivity index (χ2n) is 3.98. The molecule has 0 aliphatic rings. The summed E-state index contributed by atoms with van der Waals surface area (Å²) >= 11 is 1.82. The van der Waals surface area contributed by atoms with Crippen molar-refractivity contribution >= 4 is 22.4 Å². The van der Waals surface area contributed by atoms with Crippen LogP contribution >= 0.6 is 11.3 Å². The predicted octanol–water partition coefficient (Wildman–Crippen LogP) is 3.91. The van der Waals surface area contributed by atoms with Crippen LogP contribution in [0, 0.1) is 13.8 Å². The summed E-state index contributed by atoms with van der Waals surface area (Å²) in [7, 11) is 0. The lowest BCUT2D eigenvalue weighted by Crippen LogP contribution is -1.78. The Morgan fingerprint density at radius 3 is 2.81 bits per heavy atom. The van der Waals surface area contributed by atoms with E-state index in [1.807, 2.05) is 17.5 Å². The smallest absolute Gasteiger partial charge is 0.138 e. The van der Waals surface area contributed by atoms with Gasteiger partial charge in [0.15, 0.2) is 0 Å². The summed E-state index contributed by atoms with van der Waals surface area (Å²) in [5, 5.41) is 1.21. The highest BCUT2D eigenvalue weighted by atomic mass is 32.1. The maximum atomic E-state index is 4.34. The van der Waals surface area contributed by atoms with Gasteiger partial charge in [-0.2, -0.15) is 0 Å². The lowest BCUT2D eigenvalue weighted by molar-refractivity contribution is 1.25. The Kier molecular flexibility index (Phi) is 2.07. The molecule has 0 fully saturated rings. The fourth-order valence-corrected chi connectivity index (χ4v) is 2.86. The molecule has 0 spiro atoms. The van der Waals surface area contributed by atoms with E-state index in [4.69, 9.17) is 0 Å². The third-order valence-corrected chi connectivity index (χ3v) is 3.71. The molecule has 1 N–H and O–H groups in total. The predicted molar refractivity (Wildman–Crippen MR) is 68.9 cm³/mol. The van der Waals surface area contributed by atoms with E-state index in [1.165, 1.54) is 20.7 Å². The molecule has 0 amide bonds. The van der Waals surface area contributed by atoms with Gasteiger partial charge in [-0.15, -0.1) is 11.3 Å². The molecule has 0 bridgehead atoms. The zero-order chi connectivity index (χ0) is 11.1. The lowest BCUT2D eigenvalue weighted by atomic mass is 10.1. The zero-order valence-corrected chi connectivity index (χ0v) is 10.1. The number of aryl methyl sites for hydroxylation is 2. The number of pyridine rings is 1. The molecule has 3 rings (SSSR count). The Morgan fingerprint density at radius 1 is 1.19 bits per heavy atom. The standard InChI is InChI=1S/C13H12N2S/c1-8-7-11-10(5-6-14-13(11)15-8)12-4-3-9(2)16-12/h3-7H,1-2H3,(H,14,15). The first-order valence-electron chi connectivity index (χ1n) is 5.25. The van der Waals surface area contributed by atoms with E-state index in [0.29, 0.717) is 0 Å². The summed E-state index contributed by atoms with van der Waals surface area (Å²) in [4.78, 5) is 10.3. The Balaban J connectivity index is 2.30. The topological polar surface area (TPSA) is 28.7 Å². The SMILES string of the molecule is Cc1cc2c(-c3ccc(C)s3)ccnc2[nH]1. The highest BCUT2D eigenvalue weighted by Crippen LogP contribution is 2.32. The minimum atomic E-state index is 0.973. The Bertz CT molecular complexity index is 649. The molecular formula is C13H12N2S. The van der Waals surface area contributed by atoms with Gasteiger partial charge in [0.2, 0.25) is 0 Å². The van der Waals surface area contributed by atoms with Gasteiger partial charge >= 0.3 is 0 Å². The van der Waals surface area contributed by atoms with Crippen molar-refractivity contribution in [3.63, 3.8) is 0 Å². The number of nitrogens with zero attached hydrogens (tertiary/aromatic N) is 1. The molecule has 0 aromatic carbocycles. The van der Waals surface area contributed by atoms with Gasteiger partial charge in [-0.1, -0.05) is 0 Å². The summed E-state index contributed by atoms with van der Waals surface area (Å²) in [6.45, 7) is 4.19. The molecule has 80 valence electrons. The molecule has 2 nitrogen and oxygen atoms in total. The fraction of sp³-hybridized carbons (Fsp3) is 0.154. The van der Waals surface area contributed by atoms with Gasteiger partial charge in [0.05, 0.1) is 0 Å². The van der Waals surface area contributed by atoms with Crippen molar-refractivity contribution in [2.24, 2.45) is 0 Å². The van der Waals surface area contributed by atoms with Crippen LogP contribution in [0.5, 0.6) is 0 Å². The minimum absolute atomic E-state index is 0.973. The van der Waals surface area contributed by atoms with Crippen molar-refractivity contribution < 1.29 is 0 Å². The quantitative estimate of drug-likeness (QED) is 0.672. The van der Waals surface area contributed by atoms with E-state index in [9.17, 15) is 0 Å². The highest BCUT2D eigenvalue weighted by molar-refractivity contribution is 7.15. The van der Waals surface area contributed by atoms with Crippen molar-refractivity contribution in [3.8, 4) is 10.4 Å². The first kappa shape index (κ1) is 9.60. The molecule has 0 radical (unpaired) electrons. The van der Waals surface area contributed by atoms with Crippen LogP contribution in [-0.4, -0.2) is 9.97 Å². The molecule has 0 atom stereocenters. The molecule has 0 saturated heterocycles. The first-order valence-corrected chi connectivity index (χ1v) is 6.07. The van der Waals surface area contributed by atoms with Crippen LogP contribution in [0.1, 0.15) is 10.6 Å². The van der Waals surface area contributed by atoms with Crippen molar-refractivity contribution in [2.45, 2.75) is 13.8 Å². The Hall–Kier alpha value is -1.61. The number of nitrogens with one attached hydrogen (secondary N) is 1. The number of hydrogen-bond donors (Lipinski definition) is 1. The van der Waals surface area contributed by atoms with Crippen LogP contribution in [0.4, 0.5) is 0 Å². The van der Waals surface area contributed by atoms with Crippen molar-refractivity contribution in [2.75, 3.05) is 0 Å². The van der Waals surface area contributed by atoms with E-state index in [-0.39, 0.29) is 0 Å². The number of aromatic amines is 1. The Labute approximate surface area is 98.0 Å². The van der Waals surface area contributed by atoms with E-state index >= 15 is 0 Å². The van der Waals surface area contributed by atoms with Gasteiger partial charge in [0.1, 0.15) is 5.65 Å². The number of H-pyrrole nitrogens is 1. The number of fused-ring (bicyclic) bond motifs is 1. The van der Waals surface area contributed by atoms with E-state index in [1.54, 1.807) is 0 Å². The second kappa shape index (κ2) is 3.46. The summed E-state index contributed by atoms with van der Waals surface area (Å²) in [6, 6.07) is 8.58. The van der Waals surface area contributed by atoms with Gasteiger partial charge in [-0.3, -0.25) is 0 Å². The zero-order valence-electron chi connectivity index (χ0n) is 9.24. The van der Waals surface area contributed by atoms with E-state index in [2.05, 4.69) is 48.1 Å². The van der Waals surface area contributed by atoms with Crippen LogP contribution in [0.3, 0.4) is 0 Å². The monoisotopic (exact) mass is 228 g/mol. The lowest BCUT2D eigenvalue weighted by Gasteiger charge is -1.98. The van der Waals surface area contributed by atoms with Gasteiger partial charge in [0.25, 0.3) is 0 Å². The molecule has 3 heterocycles. The fourth-order valence-electron chi connectivity index (χ4n) is 1.95. The minimum Gasteiger partial charge on any atom is -0.344 e. The van der Waals surface area contributed by atoms with Gasteiger partial charge in [0, 0.05) is 32.6 Å². The maximum Gasteiger partial charge on any atom is 0.138 e. The van der Waals surface area contributed by atoms with Crippen LogP contribution in [0.25, 0.3) is 21.5 Å². The molecule has 0 aliphatic heterocycles. The summed E-state index contributed by atoms with van der Waals surface area (Å²) in [5.74, 6) is 0. The molecule has 16 heavy (non-hydrogen) atoms. The summed E-state index contributed by atoms with van der Waals surface area (Å²) in [5.41, 5.74) is 3.40. The van der Waals surface area contributed by atoms with Gasteiger partial charge < -0.3 is 4.98 Å². The maximum absolute atomic E-state index is 4.34. The molecule has 0 aliphatic carbocycles. The molecular weight excluding hydrogens is 216 g/mol. The average Bonchev–Trinajstić information content (AvgIpc) is 2.82. The van der Waals surface area contributed by atoms with Crippen LogP contribution in [0.15, 0.2) is 30.5 Å². The average molecular weight is 228 g/mol. The van der Waals surface area contributed by atoms with Crippen molar-refractivity contribution in [1.29, 1.82) is 0 Å². The highest BCUT2D eigenvalue weighted by Gasteiger charge is 2.08. The number of hydrogen-bond acceptors (Lipinski definition) is 2. The van der Waals surface area contributed by atoms with Crippen LogP contribution in [0.2, 0.25) is 0 Å². The first-order chi connectivity index (χ1) is 7.74. The molecule has 3 aromatic heterocycles. The van der Waals surface area contributed by atoms with Crippen molar-refractivity contribution in [1.82, 2.24) is 9.97 Å². The van der Waals surface area contributed by atoms with Crippen LogP contribution in [-0.2, 0) is 0 Å². The normalized spacial score (nSPS) is 11.1. The Morgan fingerprint density at radius 2 is 2.06 bits per heavy atom. The number of rotatable bonds is 1. The molecule has 3 aromatic rings. The summed E-state index contributed by atoms with van der Waals surface area (Å²) in [6.07, 6.45) is 1.86. The van der Waals surface area contributed by atoms with E-state index < -0.39 is 0 Å². The third-order valence-electron chi connectivity index (χ3n) is 2.67. The van der Waals surface area contributed by atoms with Crippen LogP contribution < -0.4 is 0 Å². The van der Waals surface area contributed by atoms with E-state index in [0.717, 1.165) is 11.3 Å². The molecule has 3 heteroatoms.